The third kappa shape index (κ3) is 5.09. The molecule has 1 aromatic carbocycles. The molecule has 1 aromatic rings. The molecule has 0 radical (unpaired) electrons. The van der Waals surface area contributed by atoms with Crippen LogP contribution >= 0.6 is 0 Å². The number of amides is 1. The second-order valence-electron chi connectivity index (χ2n) is 5.44. The highest BCUT2D eigenvalue weighted by atomic mass is 16.5. The van der Waals surface area contributed by atoms with Gasteiger partial charge in [-0.05, 0) is 50.0 Å². The third-order valence-electron chi connectivity index (χ3n) is 3.84. The number of hydrogen-bond donors (Lipinski definition) is 1. The second kappa shape index (κ2) is 7.65. The Morgan fingerprint density at radius 1 is 1.43 bits per heavy atom. The van der Waals surface area contributed by atoms with Gasteiger partial charge in [-0.25, -0.2) is 0 Å². The van der Waals surface area contributed by atoms with Gasteiger partial charge < -0.3 is 10.5 Å². The Morgan fingerprint density at radius 3 is 2.86 bits per heavy atom. The van der Waals surface area contributed by atoms with E-state index < -0.39 is 0 Å². The molecule has 0 spiro atoms. The standard InChI is InChI=1S/C16H21N3O2/c17-12-14-2-1-3-15(10-14)21-9-8-19-6-4-13(5-7-19)11-16(18)20/h1-3,10,13H,4-9,11H2,(H2,18,20). The van der Waals surface area contributed by atoms with Crippen LogP contribution in [0.1, 0.15) is 24.8 Å². The van der Waals surface area contributed by atoms with E-state index in [2.05, 4.69) is 11.0 Å². The predicted octanol–water partition coefficient (Wildman–Crippen LogP) is 1.52. The Bertz CT molecular complexity index is 516. The minimum absolute atomic E-state index is 0.200. The van der Waals surface area contributed by atoms with Crippen LogP contribution < -0.4 is 10.5 Å². The van der Waals surface area contributed by atoms with Crippen molar-refractivity contribution in [3.05, 3.63) is 29.8 Å². The van der Waals surface area contributed by atoms with Crippen molar-refractivity contribution in [1.29, 1.82) is 5.26 Å². The van der Waals surface area contributed by atoms with Crippen molar-refractivity contribution in [2.75, 3.05) is 26.2 Å². The van der Waals surface area contributed by atoms with E-state index in [-0.39, 0.29) is 5.91 Å². The molecule has 2 N–H and O–H groups in total. The van der Waals surface area contributed by atoms with Gasteiger partial charge in [0.25, 0.3) is 0 Å². The van der Waals surface area contributed by atoms with Crippen molar-refractivity contribution in [1.82, 2.24) is 4.90 Å². The molecule has 0 unspecified atom stereocenters. The molecule has 1 aliphatic rings. The number of nitriles is 1. The van der Waals surface area contributed by atoms with Crippen LogP contribution in [0.5, 0.6) is 5.75 Å². The Labute approximate surface area is 125 Å². The maximum Gasteiger partial charge on any atom is 0.217 e. The number of ether oxygens (including phenoxy) is 1. The van der Waals surface area contributed by atoms with Crippen LogP contribution in [0.25, 0.3) is 0 Å². The summed E-state index contributed by atoms with van der Waals surface area (Å²) in [6.07, 6.45) is 2.55. The number of rotatable bonds is 6. The topological polar surface area (TPSA) is 79.3 Å². The van der Waals surface area contributed by atoms with Crippen molar-refractivity contribution >= 4 is 5.91 Å². The lowest BCUT2D eigenvalue weighted by atomic mass is 9.93. The van der Waals surface area contributed by atoms with E-state index in [1.165, 1.54) is 0 Å². The summed E-state index contributed by atoms with van der Waals surface area (Å²) >= 11 is 0. The van der Waals surface area contributed by atoms with Crippen molar-refractivity contribution in [2.45, 2.75) is 19.3 Å². The molecule has 0 bridgehead atoms. The number of carbonyl (C=O) groups is 1. The maximum atomic E-state index is 10.9. The van der Waals surface area contributed by atoms with Gasteiger partial charge in [0.1, 0.15) is 12.4 Å². The van der Waals surface area contributed by atoms with Gasteiger partial charge >= 0.3 is 0 Å². The molecule has 2 rings (SSSR count). The van der Waals surface area contributed by atoms with Gasteiger partial charge in [-0.1, -0.05) is 6.07 Å². The predicted molar refractivity (Wildman–Crippen MR) is 79.6 cm³/mol. The van der Waals surface area contributed by atoms with Gasteiger partial charge in [-0.15, -0.1) is 0 Å². The molecular weight excluding hydrogens is 266 g/mol. The lowest BCUT2D eigenvalue weighted by molar-refractivity contribution is -0.119. The quantitative estimate of drug-likeness (QED) is 0.860. The summed E-state index contributed by atoms with van der Waals surface area (Å²) in [6.45, 7) is 3.44. The van der Waals surface area contributed by atoms with Gasteiger partial charge in [-0.2, -0.15) is 5.26 Å². The molecule has 1 amide bonds. The maximum absolute atomic E-state index is 10.9. The first-order valence-corrected chi connectivity index (χ1v) is 7.31. The van der Waals surface area contributed by atoms with Crippen LogP contribution in [0.2, 0.25) is 0 Å². The first kappa shape index (κ1) is 15.3. The van der Waals surface area contributed by atoms with E-state index in [0.717, 1.165) is 38.2 Å². The van der Waals surface area contributed by atoms with E-state index >= 15 is 0 Å². The molecule has 1 aliphatic heterocycles. The second-order valence-corrected chi connectivity index (χ2v) is 5.44. The molecule has 1 fully saturated rings. The zero-order chi connectivity index (χ0) is 15.1. The van der Waals surface area contributed by atoms with E-state index in [1.54, 1.807) is 12.1 Å². The van der Waals surface area contributed by atoms with Crippen molar-refractivity contribution in [3.63, 3.8) is 0 Å². The van der Waals surface area contributed by atoms with E-state index in [4.69, 9.17) is 15.7 Å². The van der Waals surface area contributed by atoms with Gasteiger partial charge in [0.15, 0.2) is 0 Å². The summed E-state index contributed by atoms with van der Waals surface area (Å²) < 4.78 is 5.68. The Balaban J connectivity index is 1.68. The first-order chi connectivity index (χ1) is 10.2. The molecule has 112 valence electrons. The Hall–Kier alpha value is -2.06. The minimum Gasteiger partial charge on any atom is -0.492 e. The Kier molecular flexibility index (Phi) is 5.59. The lowest BCUT2D eigenvalue weighted by Gasteiger charge is -2.31. The number of primary amides is 1. The number of nitrogens with zero attached hydrogens (tertiary/aromatic N) is 2. The number of benzene rings is 1. The number of carbonyl (C=O) groups excluding carboxylic acids is 1. The van der Waals surface area contributed by atoms with E-state index in [0.29, 0.717) is 24.5 Å². The summed E-state index contributed by atoms with van der Waals surface area (Å²) in [4.78, 5) is 13.2. The van der Waals surface area contributed by atoms with Gasteiger partial charge in [-0.3, -0.25) is 9.69 Å². The number of piperidine rings is 1. The number of likely N-dealkylation sites (tertiary alicyclic amines) is 1. The van der Waals surface area contributed by atoms with Crippen molar-refractivity contribution in [2.24, 2.45) is 11.7 Å². The smallest absolute Gasteiger partial charge is 0.217 e. The van der Waals surface area contributed by atoms with Crippen molar-refractivity contribution in [3.8, 4) is 11.8 Å². The Morgan fingerprint density at radius 2 is 2.19 bits per heavy atom. The van der Waals surface area contributed by atoms with Crippen LogP contribution in [0.3, 0.4) is 0 Å². The molecule has 0 saturated carbocycles. The molecule has 0 aliphatic carbocycles. The molecule has 1 saturated heterocycles. The first-order valence-electron chi connectivity index (χ1n) is 7.31. The molecule has 5 heteroatoms. The molecule has 0 atom stereocenters. The summed E-state index contributed by atoms with van der Waals surface area (Å²) in [6, 6.07) is 9.29. The average molecular weight is 287 g/mol. The normalized spacial score (nSPS) is 16.3. The lowest BCUT2D eigenvalue weighted by Crippen LogP contribution is -2.37. The fourth-order valence-corrected chi connectivity index (χ4v) is 2.65. The highest BCUT2D eigenvalue weighted by Gasteiger charge is 2.20. The number of nitrogens with two attached hydrogens (primary N) is 1. The molecular formula is C16H21N3O2. The van der Waals surface area contributed by atoms with E-state index in [9.17, 15) is 4.79 Å². The van der Waals surface area contributed by atoms with Gasteiger partial charge in [0.05, 0.1) is 11.6 Å². The monoisotopic (exact) mass is 287 g/mol. The summed E-state index contributed by atoms with van der Waals surface area (Å²) in [5, 5.41) is 8.83. The van der Waals surface area contributed by atoms with Crippen LogP contribution in [-0.4, -0.2) is 37.0 Å². The summed E-state index contributed by atoms with van der Waals surface area (Å²) in [5.74, 6) is 0.971. The van der Waals surface area contributed by atoms with Crippen LogP contribution in [0.15, 0.2) is 24.3 Å². The molecule has 5 nitrogen and oxygen atoms in total. The summed E-state index contributed by atoms with van der Waals surface area (Å²) in [5.41, 5.74) is 5.84. The fraction of sp³-hybridized carbons (Fsp3) is 0.500. The van der Waals surface area contributed by atoms with Crippen molar-refractivity contribution < 1.29 is 9.53 Å². The third-order valence-corrected chi connectivity index (χ3v) is 3.84. The molecule has 21 heavy (non-hydrogen) atoms. The van der Waals surface area contributed by atoms with Crippen LogP contribution in [-0.2, 0) is 4.79 Å². The number of hydrogen-bond acceptors (Lipinski definition) is 4. The zero-order valence-electron chi connectivity index (χ0n) is 12.1. The highest BCUT2D eigenvalue weighted by Crippen LogP contribution is 2.20. The fourth-order valence-electron chi connectivity index (χ4n) is 2.65. The average Bonchev–Trinajstić information content (AvgIpc) is 2.49. The van der Waals surface area contributed by atoms with Gasteiger partial charge in [0, 0.05) is 13.0 Å². The largest absolute Gasteiger partial charge is 0.492 e. The molecule has 0 aromatic heterocycles. The minimum atomic E-state index is -0.200. The highest BCUT2D eigenvalue weighted by molar-refractivity contribution is 5.73. The zero-order valence-corrected chi connectivity index (χ0v) is 12.1. The SMILES string of the molecule is N#Cc1cccc(OCCN2CCC(CC(N)=O)CC2)c1. The summed E-state index contributed by atoms with van der Waals surface area (Å²) in [7, 11) is 0. The van der Waals surface area contributed by atoms with Crippen LogP contribution in [0.4, 0.5) is 0 Å². The van der Waals surface area contributed by atoms with Crippen LogP contribution in [0, 0.1) is 17.2 Å². The van der Waals surface area contributed by atoms with Gasteiger partial charge in [0.2, 0.25) is 5.91 Å². The van der Waals surface area contributed by atoms with E-state index in [1.807, 2.05) is 12.1 Å². The molecule has 1 heterocycles.